The average Bonchev–Trinajstić information content (AvgIpc) is 2.17. The lowest BCUT2D eigenvalue weighted by Crippen LogP contribution is -2.20. The molecule has 0 bridgehead atoms. The SMILES string of the molecule is N/N=C1/COCc2cccc(Cl)c21. The zero-order chi connectivity index (χ0) is 9.26. The van der Waals surface area contributed by atoms with Crippen molar-refractivity contribution >= 4 is 17.3 Å². The Kier molecular flexibility index (Phi) is 2.20. The Bertz CT molecular complexity index is 363. The third-order valence-electron chi connectivity index (χ3n) is 2.04. The van der Waals surface area contributed by atoms with E-state index in [1.165, 1.54) is 0 Å². The molecule has 0 aliphatic carbocycles. The summed E-state index contributed by atoms with van der Waals surface area (Å²) in [5.41, 5.74) is 2.69. The molecule has 1 heterocycles. The van der Waals surface area contributed by atoms with E-state index in [2.05, 4.69) is 5.10 Å². The van der Waals surface area contributed by atoms with E-state index in [9.17, 15) is 0 Å². The highest BCUT2D eigenvalue weighted by atomic mass is 35.5. The first kappa shape index (κ1) is 8.53. The highest BCUT2D eigenvalue weighted by Gasteiger charge is 2.18. The molecular weight excluding hydrogens is 188 g/mol. The number of nitrogens with two attached hydrogens (primary N) is 1. The molecule has 0 unspecified atom stereocenters. The third kappa shape index (κ3) is 1.41. The van der Waals surface area contributed by atoms with E-state index in [0.29, 0.717) is 23.9 Å². The van der Waals surface area contributed by atoms with Gasteiger partial charge in [0.05, 0.1) is 23.9 Å². The molecule has 0 saturated heterocycles. The molecule has 3 nitrogen and oxygen atoms in total. The molecule has 2 N–H and O–H groups in total. The number of nitrogens with zero attached hydrogens (tertiary/aromatic N) is 1. The van der Waals surface area contributed by atoms with Crippen molar-refractivity contribution in [3.8, 4) is 0 Å². The monoisotopic (exact) mass is 196 g/mol. The maximum atomic E-state index is 6.02. The van der Waals surface area contributed by atoms with Crippen LogP contribution >= 0.6 is 11.6 Å². The van der Waals surface area contributed by atoms with Crippen LogP contribution in [0.2, 0.25) is 5.02 Å². The first-order chi connectivity index (χ1) is 6.33. The summed E-state index contributed by atoms with van der Waals surface area (Å²) in [7, 11) is 0. The largest absolute Gasteiger partial charge is 0.370 e. The fourth-order valence-electron chi connectivity index (χ4n) is 1.44. The molecule has 68 valence electrons. The zero-order valence-electron chi connectivity index (χ0n) is 6.96. The smallest absolute Gasteiger partial charge is 0.0948 e. The molecule has 0 aromatic heterocycles. The Hall–Kier alpha value is -1.06. The zero-order valence-corrected chi connectivity index (χ0v) is 7.71. The predicted octanol–water partition coefficient (Wildman–Crippen LogP) is 1.53. The molecule has 1 aliphatic heterocycles. The van der Waals surface area contributed by atoms with E-state index in [-0.39, 0.29) is 0 Å². The number of hydrogen-bond acceptors (Lipinski definition) is 3. The van der Waals surface area contributed by atoms with Crippen LogP contribution in [0, 0.1) is 0 Å². The minimum Gasteiger partial charge on any atom is -0.370 e. The molecule has 2 rings (SSSR count). The van der Waals surface area contributed by atoms with Gasteiger partial charge >= 0.3 is 0 Å². The van der Waals surface area contributed by atoms with Crippen LogP contribution in [-0.2, 0) is 11.3 Å². The van der Waals surface area contributed by atoms with E-state index in [4.69, 9.17) is 22.2 Å². The lowest BCUT2D eigenvalue weighted by molar-refractivity contribution is 0.152. The van der Waals surface area contributed by atoms with Gasteiger partial charge in [-0.3, -0.25) is 0 Å². The van der Waals surface area contributed by atoms with Gasteiger partial charge in [-0.25, -0.2) is 0 Å². The number of halogens is 1. The minimum atomic E-state index is 0.438. The second-order valence-electron chi connectivity index (χ2n) is 2.84. The van der Waals surface area contributed by atoms with Crippen molar-refractivity contribution < 1.29 is 4.74 Å². The minimum absolute atomic E-state index is 0.438. The van der Waals surface area contributed by atoms with Crippen molar-refractivity contribution in [1.29, 1.82) is 0 Å². The lowest BCUT2D eigenvalue weighted by Gasteiger charge is -2.18. The van der Waals surface area contributed by atoms with Gasteiger partial charge < -0.3 is 10.6 Å². The summed E-state index contributed by atoms with van der Waals surface area (Å²) < 4.78 is 5.29. The first-order valence-electron chi connectivity index (χ1n) is 3.95. The van der Waals surface area contributed by atoms with Crippen LogP contribution in [0.3, 0.4) is 0 Å². The summed E-state index contributed by atoms with van der Waals surface area (Å²) >= 11 is 6.02. The van der Waals surface area contributed by atoms with Crippen LogP contribution in [0.1, 0.15) is 11.1 Å². The lowest BCUT2D eigenvalue weighted by atomic mass is 10.0. The van der Waals surface area contributed by atoms with E-state index in [1.807, 2.05) is 18.2 Å². The van der Waals surface area contributed by atoms with Gasteiger partial charge in [-0.2, -0.15) is 5.10 Å². The first-order valence-corrected chi connectivity index (χ1v) is 4.33. The molecular formula is C9H9ClN2O. The molecule has 13 heavy (non-hydrogen) atoms. The number of hydrogen-bond donors (Lipinski definition) is 1. The molecule has 0 fully saturated rings. The van der Waals surface area contributed by atoms with Crippen LogP contribution in [0.5, 0.6) is 0 Å². The van der Waals surface area contributed by atoms with Crippen molar-refractivity contribution in [3.63, 3.8) is 0 Å². The summed E-state index contributed by atoms with van der Waals surface area (Å²) in [6.07, 6.45) is 0. The predicted molar refractivity (Wildman–Crippen MR) is 51.8 cm³/mol. The van der Waals surface area contributed by atoms with Crippen LogP contribution in [-0.4, -0.2) is 12.3 Å². The van der Waals surface area contributed by atoms with Gasteiger partial charge in [0.2, 0.25) is 0 Å². The number of fused-ring (bicyclic) bond motifs is 1. The summed E-state index contributed by atoms with van der Waals surface area (Å²) in [6.45, 7) is 1.02. The van der Waals surface area contributed by atoms with Crippen LogP contribution in [0.25, 0.3) is 0 Å². The number of hydrazone groups is 1. The Morgan fingerprint density at radius 2 is 2.23 bits per heavy atom. The Labute approximate surface area is 81.1 Å². The third-order valence-corrected chi connectivity index (χ3v) is 2.36. The van der Waals surface area contributed by atoms with Crippen LogP contribution < -0.4 is 5.84 Å². The summed E-state index contributed by atoms with van der Waals surface area (Å²) in [4.78, 5) is 0. The van der Waals surface area contributed by atoms with E-state index >= 15 is 0 Å². The molecule has 0 amide bonds. The average molecular weight is 197 g/mol. The van der Waals surface area contributed by atoms with Crippen molar-refractivity contribution in [2.24, 2.45) is 10.9 Å². The van der Waals surface area contributed by atoms with Gasteiger partial charge in [0, 0.05) is 5.56 Å². The summed E-state index contributed by atoms with van der Waals surface area (Å²) in [5, 5.41) is 4.34. The highest BCUT2D eigenvalue weighted by Crippen LogP contribution is 2.24. The van der Waals surface area contributed by atoms with Gasteiger partial charge in [-0.15, -0.1) is 0 Å². The molecule has 1 aromatic carbocycles. The van der Waals surface area contributed by atoms with Gasteiger partial charge in [0.1, 0.15) is 0 Å². The molecule has 0 radical (unpaired) electrons. The van der Waals surface area contributed by atoms with Crippen LogP contribution in [0.4, 0.5) is 0 Å². The fraction of sp³-hybridized carbons (Fsp3) is 0.222. The Balaban J connectivity index is 2.60. The van der Waals surface area contributed by atoms with Crippen LogP contribution in [0.15, 0.2) is 23.3 Å². The number of rotatable bonds is 0. The highest BCUT2D eigenvalue weighted by molar-refractivity contribution is 6.34. The van der Waals surface area contributed by atoms with E-state index < -0.39 is 0 Å². The number of ether oxygens (including phenoxy) is 1. The Morgan fingerprint density at radius 1 is 1.38 bits per heavy atom. The molecule has 1 aromatic rings. The quantitative estimate of drug-likeness (QED) is 0.505. The van der Waals surface area contributed by atoms with Crippen molar-refractivity contribution in [1.82, 2.24) is 0 Å². The number of benzene rings is 1. The van der Waals surface area contributed by atoms with Crippen molar-refractivity contribution in [2.75, 3.05) is 6.61 Å². The molecule has 0 spiro atoms. The van der Waals surface area contributed by atoms with E-state index in [0.717, 1.165) is 11.1 Å². The molecule has 0 atom stereocenters. The van der Waals surface area contributed by atoms with Gasteiger partial charge in [0.15, 0.2) is 0 Å². The second kappa shape index (κ2) is 3.36. The van der Waals surface area contributed by atoms with Crippen molar-refractivity contribution in [3.05, 3.63) is 34.3 Å². The topological polar surface area (TPSA) is 47.6 Å². The standard InChI is InChI=1S/C9H9ClN2O/c10-7-3-1-2-6-4-13-5-8(12-11)9(6)7/h1-3H,4-5,11H2/b12-8-. The van der Waals surface area contributed by atoms with E-state index in [1.54, 1.807) is 0 Å². The van der Waals surface area contributed by atoms with Gasteiger partial charge in [-0.1, -0.05) is 23.7 Å². The van der Waals surface area contributed by atoms with Gasteiger partial charge in [-0.05, 0) is 11.6 Å². The molecule has 1 aliphatic rings. The van der Waals surface area contributed by atoms with Crippen molar-refractivity contribution in [2.45, 2.75) is 6.61 Å². The molecule has 4 heteroatoms. The Morgan fingerprint density at radius 3 is 3.00 bits per heavy atom. The molecule has 0 saturated carbocycles. The summed E-state index contributed by atoms with van der Waals surface area (Å²) in [5.74, 6) is 5.24. The maximum Gasteiger partial charge on any atom is 0.0948 e. The fourth-order valence-corrected chi connectivity index (χ4v) is 1.75. The second-order valence-corrected chi connectivity index (χ2v) is 3.25. The maximum absolute atomic E-state index is 6.02. The summed E-state index contributed by atoms with van der Waals surface area (Å²) in [6, 6.07) is 5.69. The normalized spacial score (nSPS) is 18.7. The van der Waals surface area contributed by atoms with Gasteiger partial charge in [0.25, 0.3) is 0 Å².